The van der Waals surface area contributed by atoms with Crippen molar-refractivity contribution in [3.8, 4) is 0 Å². The third kappa shape index (κ3) is 2.91. The maximum absolute atomic E-state index is 12.4. The number of Topliss-reactive ketones (excluding diaryl/α,β-unsaturated/α-hetero) is 2. The third-order valence-corrected chi connectivity index (χ3v) is 4.97. The molecular weight excluding hydrogens is 276 g/mol. The van der Waals surface area contributed by atoms with Crippen LogP contribution in [0.2, 0.25) is 0 Å². The average molecular weight is 298 g/mol. The highest BCUT2D eigenvalue weighted by molar-refractivity contribution is 6.49. The summed E-state index contributed by atoms with van der Waals surface area (Å²) in [6.45, 7) is 4.25. The van der Waals surface area contributed by atoms with Gasteiger partial charge in [0.1, 0.15) is 0 Å². The van der Waals surface area contributed by atoms with Crippen molar-refractivity contribution in [2.24, 2.45) is 0 Å². The van der Waals surface area contributed by atoms with Crippen LogP contribution in [-0.4, -0.2) is 17.2 Å². The highest BCUT2D eigenvalue weighted by Gasteiger charge is 2.35. The van der Waals surface area contributed by atoms with Crippen molar-refractivity contribution in [1.82, 2.24) is 0 Å². The summed E-state index contributed by atoms with van der Waals surface area (Å²) >= 11 is 0. The van der Waals surface area contributed by atoms with E-state index in [0.717, 1.165) is 24.8 Å². The lowest BCUT2D eigenvalue weighted by molar-refractivity contribution is -0.112. The van der Waals surface area contributed by atoms with Crippen LogP contribution in [0.3, 0.4) is 0 Å². The Hall–Kier alpha value is -1.74. The average Bonchev–Trinajstić information content (AvgIpc) is 2.57. The minimum Gasteiger partial charge on any atom is -0.370 e. The van der Waals surface area contributed by atoms with Crippen LogP contribution >= 0.6 is 0 Å². The van der Waals surface area contributed by atoms with E-state index in [1.807, 2.05) is 12.1 Å². The fourth-order valence-electron chi connectivity index (χ4n) is 3.54. The topological polar surface area (TPSA) is 43.4 Å². The second kappa shape index (κ2) is 6.17. The van der Waals surface area contributed by atoms with Gasteiger partial charge in [-0.2, -0.15) is 0 Å². The first-order valence-corrected chi connectivity index (χ1v) is 8.10. The lowest BCUT2D eigenvalue weighted by Crippen LogP contribution is -2.36. The van der Waals surface area contributed by atoms with E-state index >= 15 is 0 Å². The Morgan fingerprint density at radius 2 is 1.68 bits per heavy atom. The van der Waals surface area contributed by atoms with Crippen LogP contribution in [0.5, 0.6) is 0 Å². The van der Waals surface area contributed by atoms with Crippen LogP contribution in [0.1, 0.15) is 60.9 Å². The molecule has 1 aliphatic carbocycles. The Balaban J connectivity index is 1.96. The van der Waals surface area contributed by atoms with E-state index < -0.39 is 11.6 Å². The number of hydrogen-bond donors (Lipinski definition) is 0. The molecule has 3 nitrogen and oxygen atoms in total. The molecule has 1 heterocycles. The number of fused-ring (bicyclic) bond motifs is 1. The SMILES string of the molecule is C=C1CCC2(CCCCC2)OCc2ccccc2C(=O)C1=O. The quantitative estimate of drug-likeness (QED) is 0.537. The molecule has 3 rings (SSSR count). The maximum atomic E-state index is 12.4. The first-order valence-electron chi connectivity index (χ1n) is 8.10. The molecule has 22 heavy (non-hydrogen) atoms. The normalized spacial score (nSPS) is 22.5. The number of allylic oxidation sites excluding steroid dienone is 1. The predicted molar refractivity (Wildman–Crippen MR) is 84.8 cm³/mol. The van der Waals surface area contributed by atoms with Crippen LogP contribution in [0.4, 0.5) is 0 Å². The van der Waals surface area contributed by atoms with Crippen LogP contribution in [-0.2, 0) is 16.1 Å². The molecule has 2 aliphatic rings. The van der Waals surface area contributed by atoms with E-state index in [4.69, 9.17) is 4.74 Å². The lowest BCUT2D eigenvalue weighted by atomic mass is 9.79. The molecule has 0 aromatic heterocycles. The Labute approximate surface area is 131 Å². The van der Waals surface area contributed by atoms with E-state index in [0.29, 0.717) is 24.2 Å². The second-order valence-electron chi connectivity index (χ2n) is 6.45. The van der Waals surface area contributed by atoms with Crippen molar-refractivity contribution in [2.45, 2.75) is 57.2 Å². The molecule has 0 atom stereocenters. The van der Waals surface area contributed by atoms with Gasteiger partial charge < -0.3 is 4.74 Å². The number of ether oxygens (including phenoxy) is 1. The van der Waals surface area contributed by atoms with Crippen molar-refractivity contribution in [2.75, 3.05) is 0 Å². The van der Waals surface area contributed by atoms with Crippen molar-refractivity contribution in [3.05, 3.63) is 47.5 Å². The van der Waals surface area contributed by atoms with Crippen molar-refractivity contribution in [1.29, 1.82) is 0 Å². The first kappa shape index (κ1) is 15.2. The Bertz CT molecular complexity index is 609. The molecule has 1 aromatic carbocycles. The van der Waals surface area contributed by atoms with Gasteiger partial charge in [0.05, 0.1) is 12.2 Å². The lowest BCUT2D eigenvalue weighted by Gasteiger charge is -2.38. The summed E-state index contributed by atoms with van der Waals surface area (Å²) in [5, 5.41) is 0. The van der Waals surface area contributed by atoms with Gasteiger partial charge in [0, 0.05) is 5.56 Å². The van der Waals surface area contributed by atoms with Crippen LogP contribution in [0, 0.1) is 0 Å². The van der Waals surface area contributed by atoms with E-state index in [-0.39, 0.29) is 5.60 Å². The molecule has 116 valence electrons. The van der Waals surface area contributed by atoms with Gasteiger partial charge in [-0.25, -0.2) is 0 Å². The molecule has 0 N–H and O–H groups in total. The van der Waals surface area contributed by atoms with Crippen molar-refractivity contribution in [3.63, 3.8) is 0 Å². The van der Waals surface area contributed by atoms with Gasteiger partial charge in [0.2, 0.25) is 11.6 Å². The van der Waals surface area contributed by atoms with Gasteiger partial charge in [-0.3, -0.25) is 9.59 Å². The summed E-state index contributed by atoms with van der Waals surface area (Å²) in [4.78, 5) is 24.7. The van der Waals surface area contributed by atoms with Gasteiger partial charge in [-0.15, -0.1) is 0 Å². The number of ketones is 2. The highest BCUT2D eigenvalue weighted by atomic mass is 16.5. The highest BCUT2D eigenvalue weighted by Crippen LogP contribution is 2.38. The molecular formula is C19H22O3. The molecule has 0 amide bonds. The fraction of sp³-hybridized carbons (Fsp3) is 0.474. The fourth-order valence-corrected chi connectivity index (χ4v) is 3.54. The molecule has 1 aliphatic heterocycles. The standard InChI is InChI=1S/C19H22O3/c1-14-9-12-19(10-5-2-6-11-19)22-13-15-7-3-4-8-16(15)18(21)17(14)20/h3-4,7-8H,1-2,5-6,9-13H2. The molecule has 0 saturated heterocycles. The molecule has 1 saturated carbocycles. The largest absolute Gasteiger partial charge is 0.370 e. The number of benzene rings is 1. The summed E-state index contributed by atoms with van der Waals surface area (Å²) in [5.41, 5.74) is 1.52. The summed E-state index contributed by atoms with van der Waals surface area (Å²) in [5.74, 6) is -0.899. The maximum Gasteiger partial charge on any atom is 0.233 e. The molecule has 1 aromatic rings. The first-order chi connectivity index (χ1) is 10.6. The van der Waals surface area contributed by atoms with Crippen LogP contribution in [0.15, 0.2) is 36.4 Å². The molecule has 1 fully saturated rings. The number of carbonyl (C=O) groups excluding carboxylic acids is 2. The second-order valence-corrected chi connectivity index (χ2v) is 6.45. The van der Waals surface area contributed by atoms with E-state index in [1.54, 1.807) is 12.1 Å². The van der Waals surface area contributed by atoms with E-state index in [2.05, 4.69) is 6.58 Å². The van der Waals surface area contributed by atoms with Gasteiger partial charge in [0.15, 0.2) is 0 Å². The molecule has 0 unspecified atom stereocenters. The van der Waals surface area contributed by atoms with Crippen LogP contribution in [0.25, 0.3) is 0 Å². The monoisotopic (exact) mass is 298 g/mol. The van der Waals surface area contributed by atoms with Gasteiger partial charge >= 0.3 is 0 Å². The summed E-state index contributed by atoms with van der Waals surface area (Å²) in [7, 11) is 0. The molecule has 1 spiro atoms. The number of rotatable bonds is 0. The molecule has 0 bridgehead atoms. The van der Waals surface area contributed by atoms with Gasteiger partial charge in [-0.1, -0.05) is 50.1 Å². The zero-order valence-corrected chi connectivity index (χ0v) is 12.9. The van der Waals surface area contributed by atoms with E-state index in [1.165, 1.54) is 19.3 Å². The Morgan fingerprint density at radius 1 is 0.955 bits per heavy atom. The summed E-state index contributed by atoms with van der Waals surface area (Å²) in [6.07, 6.45) is 6.98. The molecule has 3 heteroatoms. The summed E-state index contributed by atoms with van der Waals surface area (Å²) in [6, 6.07) is 7.26. The molecule has 0 radical (unpaired) electrons. The van der Waals surface area contributed by atoms with Crippen molar-refractivity contribution < 1.29 is 14.3 Å². The minimum atomic E-state index is -0.455. The third-order valence-electron chi connectivity index (χ3n) is 4.97. The van der Waals surface area contributed by atoms with Gasteiger partial charge in [-0.05, 0) is 36.8 Å². The Kier molecular flexibility index (Phi) is 4.25. The van der Waals surface area contributed by atoms with E-state index in [9.17, 15) is 9.59 Å². The predicted octanol–water partition coefficient (Wildman–Crippen LogP) is 4.01. The zero-order chi connectivity index (χ0) is 15.6. The zero-order valence-electron chi connectivity index (χ0n) is 12.9. The number of carbonyl (C=O) groups is 2. The van der Waals surface area contributed by atoms with Crippen LogP contribution < -0.4 is 0 Å². The summed E-state index contributed by atoms with van der Waals surface area (Å²) < 4.78 is 6.30. The number of hydrogen-bond acceptors (Lipinski definition) is 3. The minimum absolute atomic E-state index is 0.158. The van der Waals surface area contributed by atoms with Gasteiger partial charge in [0.25, 0.3) is 0 Å². The van der Waals surface area contributed by atoms with Crippen molar-refractivity contribution >= 4 is 11.6 Å². The smallest absolute Gasteiger partial charge is 0.233 e. The Morgan fingerprint density at radius 3 is 2.45 bits per heavy atom.